The van der Waals surface area contributed by atoms with Gasteiger partial charge in [-0.2, -0.15) is 5.21 Å². The minimum atomic E-state index is -0.422. The number of aromatic amines is 1. The molecule has 1 amide bonds. The molecule has 23 heavy (non-hydrogen) atoms. The Labute approximate surface area is 136 Å². The van der Waals surface area contributed by atoms with Gasteiger partial charge in [0, 0.05) is 6.42 Å². The number of hydrogen-bond donors (Lipinski definition) is 2. The second-order valence-corrected chi connectivity index (χ2v) is 7.04. The van der Waals surface area contributed by atoms with E-state index >= 15 is 0 Å². The number of anilines is 1. The molecule has 0 atom stereocenters. The second-order valence-electron chi connectivity index (χ2n) is 5.93. The van der Waals surface area contributed by atoms with Gasteiger partial charge in [-0.05, 0) is 30.2 Å². The van der Waals surface area contributed by atoms with E-state index in [-0.39, 0.29) is 11.9 Å². The number of thiazole rings is 1. The molecule has 0 radical (unpaired) electrons. The summed E-state index contributed by atoms with van der Waals surface area (Å²) in [4.78, 5) is 17.5. The van der Waals surface area contributed by atoms with E-state index in [1.165, 1.54) is 0 Å². The number of rotatable bonds is 4. The molecule has 0 bridgehead atoms. The molecule has 1 saturated carbocycles. The Kier molecular flexibility index (Phi) is 3.53. The third-order valence-electron chi connectivity index (χ3n) is 4.44. The smallest absolute Gasteiger partial charge is 0.269 e. The zero-order chi connectivity index (χ0) is 15.7. The number of fused-ring (bicyclic) bond motifs is 1. The van der Waals surface area contributed by atoms with E-state index in [0.29, 0.717) is 6.42 Å². The summed E-state index contributed by atoms with van der Waals surface area (Å²) >= 11 is 1.67. The van der Waals surface area contributed by atoms with Crippen LogP contribution in [0, 0.1) is 5.41 Å². The standard InChI is InChI=1S/C15H16N6OS/c22-13(17-14-18-20-21-19-14)15(7-3-4-8-15)9-12-16-10-5-1-2-6-11(10)23-12/h1-2,5-6H,3-4,7-9H2,(H2,17,18,19,20,21,22). The number of benzene rings is 1. The van der Waals surface area contributed by atoms with Crippen LogP contribution in [0.4, 0.5) is 5.95 Å². The lowest BCUT2D eigenvalue weighted by molar-refractivity contribution is -0.125. The van der Waals surface area contributed by atoms with E-state index in [9.17, 15) is 4.79 Å². The molecule has 2 N–H and O–H groups in total. The van der Waals surface area contributed by atoms with Gasteiger partial charge in [0.15, 0.2) is 0 Å². The summed E-state index contributed by atoms with van der Waals surface area (Å²) in [6, 6.07) is 8.08. The average Bonchev–Trinajstić information content (AvgIpc) is 3.27. The number of carbonyl (C=O) groups is 1. The number of para-hydroxylation sites is 1. The Bertz CT molecular complexity index is 788. The molecule has 2 heterocycles. The number of tetrazole rings is 1. The van der Waals surface area contributed by atoms with E-state index in [0.717, 1.165) is 40.9 Å². The van der Waals surface area contributed by atoms with Crippen molar-refractivity contribution < 1.29 is 4.79 Å². The van der Waals surface area contributed by atoms with E-state index in [1.54, 1.807) is 11.3 Å². The van der Waals surface area contributed by atoms with Crippen LogP contribution >= 0.6 is 11.3 Å². The summed E-state index contributed by atoms with van der Waals surface area (Å²) in [5, 5.41) is 17.2. The predicted octanol–water partition coefficient (Wildman–Crippen LogP) is 2.55. The van der Waals surface area contributed by atoms with Gasteiger partial charge in [-0.15, -0.1) is 16.4 Å². The van der Waals surface area contributed by atoms with Crippen molar-refractivity contribution in [2.24, 2.45) is 5.41 Å². The Balaban J connectivity index is 1.60. The van der Waals surface area contributed by atoms with Crippen molar-refractivity contribution in [3.63, 3.8) is 0 Å². The second kappa shape index (κ2) is 5.69. The van der Waals surface area contributed by atoms with Gasteiger partial charge in [0.05, 0.1) is 20.6 Å². The highest BCUT2D eigenvalue weighted by molar-refractivity contribution is 7.18. The van der Waals surface area contributed by atoms with Crippen LogP contribution in [0.2, 0.25) is 0 Å². The molecule has 0 saturated heterocycles. The van der Waals surface area contributed by atoms with Gasteiger partial charge in [0.2, 0.25) is 5.91 Å². The van der Waals surface area contributed by atoms with Gasteiger partial charge in [-0.3, -0.25) is 10.1 Å². The minimum absolute atomic E-state index is 0.0318. The first kappa shape index (κ1) is 14.3. The third-order valence-corrected chi connectivity index (χ3v) is 5.48. The molecular weight excluding hydrogens is 312 g/mol. The van der Waals surface area contributed by atoms with Crippen LogP contribution in [-0.2, 0) is 11.2 Å². The molecule has 4 rings (SSSR count). The van der Waals surface area contributed by atoms with Crippen molar-refractivity contribution >= 4 is 33.4 Å². The highest BCUT2D eigenvalue weighted by Gasteiger charge is 2.42. The van der Waals surface area contributed by atoms with E-state index in [2.05, 4.69) is 37.0 Å². The zero-order valence-corrected chi connectivity index (χ0v) is 13.3. The average molecular weight is 328 g/mol. The summed E-state index contributed by atoms with van der Waals surface area (Å²) in [5.74, 6) is 0.196. The van der Waals surface area contributed by atoms with Crippen molar-refractivity contribution in [3.8, 4) is 0 Å². The number of amides is 1. The van der Waals surface area contributed by atoms with Crippen LogP contribution in [0.3, 0.4) is 0 Å². The summed E-state index contributed by atoms with van der Waals surface area (Å²) in [7, 11) is 0. The van der Waals surface area contributed by atoms with Crippen molar-refractivity contribution in [2.45, 2.75) is 32.1 Å². The Hall–Kier alpha value is -2.35. The van der Waals surface area contributed by atoms with Gasteiger partial charge in [-0.1, -0.05) is 30.1 Å². The first-order chi connectivity index (χ1) is 11.3. The summed E-state index contributed by atoms with van der Waals surface area (Å²) in [6.07, 6.45) is 4.52. The topological polar surface area (TPSA) is 96.5 Å². The maximum atomic E-state index is 12.8. The van der Waals surface area contributed by atoms with E-state index in [1.807, 2.05) is 18.2 Å². The normalized spacial score (nSPS) is 16.7. The molecule has 1 aliphatic rings. The van der Waals surface area contributed by atoms with E-state index < -0.39 is 5.41 Å². The quantitative estimate of drug-likeness (QED) is 0.767. The van der Waals surface area contributed by atoms with Crippen molar-refractivity contribution in [2.75, 3.05) is 5.32 Å². The molecule has 1 fully saturated rings. The van der Waals surface area contributed by atoms with Crippen molar-refractivity contribution in [3.05, 3.63) is 29.3 Å². The van der Waals surface area contributed by atoms with Gasteiger partial charge < -0.3 is 0 Å². The molecule has 3 aromatic rings. The molecule has 7 nitrogen and oxygen atoms in total. The van der Waals surface area contributed by atoms with Crippen LogP contribution in [0.1, 0.15) is 30.7 Å². The number of nitrogens with zero attached hydrogens (tertiary/aromatic N) is 4. The lowest BCUT2D eigenvalue weighted by Gasteiger charge is -2.25. The molecule has 1 aromatic carbocycles. The van der Waals surface area contributed by atoms with Crippen molar-refractivity contribution in [1.82, 2.24) is 25.6 Å². The first-order valence-corrected chi connectivity index (χ1v) is 8.46. The molecule has 2 aromatic heterocycles. The van der Waals surface area contributed by atoms with E-state index in [4.69, 9.17) is 0 Å². The molecule has 0 unspecified atom stereocenters. The molecule has 118 valence electrons. The van der Waals surface area contributed by atoms with Crippen LogP contribution in [0.15, 0.2) is 24.3 Å². The number of aromatic nitrogens is 5. The fraction of sp³-hybridized carbons (Fsp3) is 0.400. The summed E-state index contributed by atoms with van der Waals surface area (Å²) in [5.41, 5.74) is 0.577. The summed E-state index contributed by atoms with van der Waals surface area (Å²) in [6.45, 7) is 0. The Morgan fingerprint density at radius 2 is 2.13 bits per heavy atom. The lowest BCUT2D eigenvalue weighted by atomic mass is 9.82. The maximum absolute atomic E-state index is 12.8. The fourth-order valence-electron chi connectivity index (χ4n) is 3.27. The van der Waals surface area contributed by atoms with Crippen LogP contribution < -0.4 is 5.32 Å². The highest BCUT2D eigenvalue weighted by Crippen LogP contribution is 2.42. The van der Waals surface area contributed by atoms with Crippen LogP contribution in [0.5, 0.6) is 0 Å². The molecule has 1 aliphatic carbocycles. The molecule has 8 heteroatoms. The molecule has 0 aliphatic heterocycles. The summed E-state index contributed by atoms with van der Waals surface area (Å²) < 4.78 is 1.16. The van der Waals surface area contributed by atoms with Crippen LogP contribution in [0.25, 0.3) is 10.2 Å². The lowest BCUT2D eigenvalue weighted by Crippen LogP contribution is -2.36. The van der Waals surface area contributed by atoms with Gasteiger partial charge >= 0.3 is 0 Å². The van der Waals surface area contributed by atoms with Crippen LogP contribution in [-0.4, -0.2) is 31.5 Å². The Morgan fingerprint density at radius 1 is 1.30 bits per heavy atom. The van der Waals surface area contributed by atoms with Gasteiger partial charge in [0.25, 0.3) is 5.95 Å². The number of hydrogen-bond acceptors (Lipinski definition) is 6. The maximum Gasteiger partial charge on any atom is 0.269 e. The SMILES string of the molecule is O=C(Nc1nn[nH]n1)C1(Cc2nc3ccccc3s2)CCCC1. The highest BCUT2D eigenvalue weighted by atomic mass is 32.1. The molecule has 0 spiro atoms. The fourth-order valence-corrected chi connectivity index (χ4v) is 4.38. The number of carbonyl (C=O) groups excluding carboxylic acids is 1. The Morgan fingerprint density at radius 3 is 2.87 bits per heavy atom. The zero-order valence-electron chi connectivity index (χ0n) is 12.5. The van der Waals surface area contributed by atoms with Gasteiger partial charge in [-0.25, -0.2) is 4.98 Å². The first-order valence-electron chi connectivity index (χ1n) is 7.65. The van der Waals surface area contributed by atoms with Gasteiger partial charge in [0.1, 0.15) is 0 Å². The minimum Gasteiger partial charge on any atom is -0.291 e. The number of H-pyrrole nitrogens is 1. The monoisotopic (exact) mass is 328 g/mol. The van der Waals surface area contributed by atoms with Crippen molar-refractivity contribution in [1.29, 1.82) is 0 Å². The number of nitrogens with one attached hydrogen (secondary N) is 2. The largest absolute Gasteiger partial charge is 0.291 e. The third kappa shape index (κ3) is 2.70. The molecular formula is C15H16N6OS. The predicted molar refractivity (Wildman–Crippen MR) is 87.0 cm³/mol.